The summed E-state index contributed by atoms with van der Waals surface area (Å²) in [5.74, 6) is -0.0891. The Balaban J connectivity index is 0.00000361. The zero-order valence-electron chi connectivity index (χ0n) is 12.4. The van der Waals surface area contributed by atoms with Crippen LogP contribution in [0.1, 0.15) is 18.9 Å². The predicted molar refractivity (Wildman–Crippen MR) is 79.6 cm³/mol. The molecule has 0 fully saturated rings. The number of quaternary nitrogens is 1. The highest BCUT2D eigenvalue weighted by Gasteiger charge is 2.19. The predicted octanol–water partition coefficient (Wildman–Crippen LogP) is -0.651. The molecule has 1 aromatic rings. The molecule has 0 saturated carbocycles. The van der Waals surface area contributed by atoms with Crippen LogP contribution in [0.2, 0.25) is 0 Å². The van der Waals surface area contributed by atoms with Crippen molar-refractivity contribution in [2.75, 3.05) is 26.7 Å². The van der Waals surface area contributed by atoms with Gasteiger partial charge in [-0.05, 0) is 13.0 Å². The number of amides is 1. The number of rotatable bonds is 8. The molecule has 1 atom stereocenters. The van der Waals surface area contributed by atoms with Crippen molar-refractivity contribution < 1.29 is 21.7 Å². The Morgan fingerprint density at radius 2 is 2.00 bits per heavy atom. The summed E-state index contributed by atoms with van der Waals surface area (Å²) in [6.07, 6.45) is 2.30. The van der Waals surface area contributed by atoms with Gasteiger partial charge in [0.05, 0.1) is 20.1 Å². The van der Waals surface area contributed by atoms with E-state index in [1.54, 1.807) is 0 Å². The molecule has 0 saturated heterocycles. The van der Waals surface area contributed by atoms with Gasteiger partial charge in [-0.2, -0.15) is 0 Å². The second-order valence-electron chi connectivity index (χ2n) is 5.15. The molecule has 0 aliphatic rings. The van der Waals surface area contributed by atoms with Gasteiger partial charge in [0.25, 0.3) is 0 Å². The van der Waals surface area contributed by atoms with E-state index in [2.05, 4.69) is 50.1 Å². The number of hydrogen-bond donors (Lipinski definition) is 1. The molecule has 112 valence electrons. The lowest BCUT2D eigenvalue weighted by molar-refractivity contribution is -0.921. The van der Waals surface area contributed by atoms with Crippen molar-refractivity contribution in [3.05, 3.63) is 48.6 Å². The van der Waals surface area contributed by atoms with E-state index >= 15 is 0 Å². The molecular weight excluding hydrogens is 272 g/mol. The third-order valence-electron chi connectivity index (χ3n) is 3.53. The number of hydrogen-bond acceptors (Lipinski definition) is 1. The van der Waals surface area contributed by atoms with Gasteiger partial charge >= 0.3 is 0 Å². The SMILES string of the molecule is C=CC(=O)NCCC[N+](C)(CC)Cc1ccccc1.[Cl-]. The van der Waals surface area contributed by atoms with Crippen molar-refractivity contribution in [1.82, 2.24) is 5.32 Å². The summed E-state index contributed by atoms with van der Waals surface area (Å²) in [5, 5.41) is 2.83. The Hall–Kier alpha value is -1.32. The summed E-state index contributed by atoms with van der Waals surface area (Å²) in [6, 6.07) is 10.6. The van der Waals surface area contributed by atoms with E-state index in [1.807, 2.05) is 6.07 Å². The Labute approximate surface area is 128 Å². The van der Waals surface area contributed by atoms with Crippen LogP contribution >= 0.6 is 0 Å². The number of halogens is 1. The summed E-state index contributed by atoms with van der Waals surface area (Å²) in [6.45, 7) is 9.55. The minimum absolute atomic E-state index is 0. The summed E-state index contributed by atoms with van der Waals surface area (Å²) in [7, 11) is 2.27. The van der Waals surface area contributed by atoms with Gasteiger partial charge in [0.15, 0.2) is 0 Å². The highest BCUT2D eigenvalue weighted by Crippen LogP contribution is 2.12. The van der Waals surface area contributed by atoms with Crippen molar-refractivity contribution in [3.8, 4) is 0 Å². The number of nitrogens with one attached hydrogen (secondary N) is 1. The molecule has 1 N–H and O–H groups in total. The molecule has 20 heavy (non-hydrogen) atoms. The minimum atomic E-state index is -0.0891. The van der Waals surface area contributed by atoms with E-state index in [1.165, 1.54) is 11.6 Å². The molecule has 0 heterocycles. The van der Waals surface area contributed by atoms with Crippen LogP contribution in [-0.4, -0.2) is 37.1 Å². The van der Waals surface area contributed by atoms with Crippen molar-refractivity contribution in [1.29, 1.82) is 0 Å². The molecule has 1 rings (SSSR count). The zero-order valence-corrected chi connectivity index (χ0v) is 13.2. The van der Waals surface area contributed by atoms with E-state index in [0.29, 0.717) is 6.54 Å². The van der Waals surface area contributed by atoms with Crippen LogP contribution in [0.5, 0.6) is 0 Å². The summed E-state index contributed by atoms with van der Waals surface area (Å²) < 4.78 is 0.994. The van der Waals surface area contributed by atoms with Crippen molar-refractivity contribution in [2.24, 2.45) is 0 Å². The lowest BCUT2D eigenvalue weighted by atomic mass is 10.2. The molecule has 0 aliphatic carbocycles. The van der Waals surface area contributed by atoms with Crippen molar-refractivity contribution in [2.45, 2.75) is 19.9 Å². The molecule has 4 heteroatoms. The molecule has 1 amide bonds. The number of nitrogens with zero attached hydrogens (tertiary/aromatic N) is 1. The summed E-state index contributed by atoms with van der Waals surface area (Å²) >= 11 is 0. The molecular formula is C16H25ClN2O. The van der Waals surface area contributed by atoms with Crippen LogP contribution in [0.25, 0.3) is 0 Å². The van der Waals surface area contributed by atoms with E-state index in [-0.39, 0.29) is 18.3 Å². The number of benzene rings is 1. The van der Waals surface area contributed by atoms with E-state index in [0.717, 1.165) is 30.5 Å². The summed E-state index contributed by atoms with van der Waals surface area (Å²) in [4.78, 5) is 11.1. The molecule has 0 radical (unpaired) electrons. The highest BCUT2D eigenvalue weighted by molar-refractivity contribution is 5.86. The first-order valence-corrected chi connectivity index (χ1v) is 6.87. The molecule has 3 nitrogen and oxygen atoms in total. The quantitative estimate of drug-likeness (QED) is 0.386. The van der Waals surface area contributed by atoms with E-state index < -0.39 is 0 Å². The summed E-state index contributed by atoms with van der Waals surface area (Å²) in [5.41, 5.74) is 1.36. The fourth-order valence-electron chi connectivity index (χ4n) is 2.12. The molecule has 0 aliphatic heterocycles. The first kappa shape index (κ1) is 18.7. The molecule has 0 aromatic heterocycles. The van der Waals surface area contributed by atoms with Gasteiger partial charge in [0.2, 0.25) is 5.91 Å². The monoisotopic (exact) mass is 296 g/mol. The molecule has 0 spiro atoms. The van der Waals surface area contributed by atoms with Gasteiger partial charge in [0.1, 0.15) is 6.54 Å². The number of carbonyl (C=O) groups is 1. The van der Waals surface area contributed by atoms with Crippen molar-refractivity contribution in [3.63, 3.8) is 0 Å². The Morgan fingerprint density at radius 1 is 1.35 bits per heavy atom. The van der Waals surface area contributed by atoms with Crippen LogP contribution < -0.4 is 17.7 Å². The lowest BCUT2D eigenvalue weighted by Gasteiger charge is -2.33. The van der Waals surface area contributed by atoms with Crippen LogP contribution in [0, 0.1) is 0 Å². The van der Waals surface area contributed by atoms with E-state index in [9.17, 15) is 4.79 Å². The smallest absolute Gasteiger partial charge is 0.243 e. The van der Waals surface area contributed by atoms with Crippen LogP contribution in [0.3, 0.4) is 0 Å². The van der Waals surface area contributed by atoms with Gasteiger partial charge in [-0.1, -0.05) is 36.9 Å². The largest absolute Gasteiger partial charge is 1.00 e. The third-order valence-corrected chi connectivity index (χ3v) is 3.53. The fraction of sp³-hybridized carbons (Fsp3) is 0.438. The minimum Gasteiger partial charge on any atom is -1.00 e. The molecule has 1 aromatic carbocycles. The number of carbonyl (C=O) groups excluding carboxylic acids is 1. The van der Waals surface area contributed by atoms with Gasteiger partial charge in [-0.3, -0.25) is 4.79 Å². The van der Waals surface area contributed by atoms with Crippen LogP contribution in [0.15, 0.2) is 43.0 Å². The molecule has 0 bridgehead atoms. The standard InChI is InChI=1S/C16H24N2O.ClH/c1-4-16(19)17-12-9-13-18(3,5-2)14-15-10-7-6-8-11-15;/h4,6-8,10-11H,1,5,9,12-14H2,2-3H3;1H. The van der Waals surface area contributed by atoms with Gasteiger partial charge < -0.3 is 22.2 Å². The third kappa shape index (κ3) is 6.73. The zero-order chi connectivity index (χ0) is 14.1. The fourth-order valence-corrected chi connectivity index (χ4v) is 2.12. The average molecular weight is 297 g/mol. The first-order chi connectivity index (χ1) is 9.09. The second kappa shape index (κ2) is 9.56. The van der Waals surface area contributed by atoms with Gasteiger partial charge in [0, 0.05) is 18.5 Å². The van der Waals surface area contributed by atoms with Gasteiger partial charge in [-0.15, -0.1) is 0 Å². The average Bonchev–Trinajstić information content (AvgIpc) is 2.44. The second-order valence-corrected chi connectivity index (χ2v) is 5.15. The topological polar surface area (TPSA) is 29.1 Å². The van der Waals surface area contributed by atoms with Crippen LogP contribution in [-0.2, 0) is 11.3 Å². The Bertz CT molecular complexity index is 408. The maximum absolute atomic E-state index is 11.1. The first-order valence-electron chi connectivity index (χ1n) is 6.87. The van der Waals surface area contributed by atoms with Crippen LogP contribution in [0.4, 0.5) is 0 Å². The maximum Gasteiger partial charge on any atom is 0.243 e. The highest BCUT2D eigenvalue weighted by atomic mass is 35.5. The molecule has 1 unspecified atom stereocenters. The Kier molecular flexibility index (Phi) is 8.93. The lowest BCUT2D eigenvalue weighted by Crippen LogP contribution is -3.00. The maximum atomic E-state index is 11.1. The van der Waals surface area contributed by atoms with Crippen molar-refractivity contribution >= 4 is 5.91 Å². The Morgan fingerprint density at radius 3 is 2.55 bits per heavy atom. The van der Waals surface area contributed by atoms with E-state index in [4.69, 9.17) is 0 Å². The van der Waals surface area contributed by atoms with Gasteiger partial charge in [-0.25, -0.2) is 0 Å². The normalized spacial score (nSPS) is 12.9.